The summed E-state index contributed by atoms with van der Waals surface area (Å²) in [4.78, 5) is 8.01. The summed E-state index contributed by atoms with van der Waals surface area (Å²) < 4.78 is 0. The molecule has 7 rings (SSSR count). The maximum atomic E-state index is 10.1. The monoisotopic (exact) mass is 698 g/mol. The smallest absolute Gasteiger partial charge is 0.194 e. The molecule has 0 radical (unpaired) electrons. The van der Waals surface area contributed by atoms with Gasteiger partial charge < -0.3 is 20.0 Å². The molecule has 7 aromatic carbocycles. The number of anilines is 6. The van der Waals surface area contributed by atoms with Gasteiger partial charge in [0.05, 0.1) is 18.2 Å². The fourth-order valence-electron chi connectivity index (χ4n) is 6.18. The molecule has 7 aromatic rings. The average Bonchev–Trinajstić information content (AvgIpc) is 3.22. The van der Waals surface area contributed by atoms with E-state index in [0.29, 0.717) is 22.4 Å². The van der Waals surface area contributed by atoms with Gasteiger partial charge in [-0.05, 0) is 131 Å². The van der Waals surface area contributed by atoms with Gasteiger partial charge in [-0.1, -0.05) is 85.0 Å². The van der Waals surface area contributed by atoms with Crippen LogP contribution >= 0.6 is 0 Å². The van der Waals surface area contributed by atoms with Gasteiger partial charge in [-0.25, -0.2) is 4.85 Å². The lowest BCUT2D eigenvalue weighted by atomic mass is 10.0. The van der Waals surface area contributed by atoms with Gasteiger partial charge in [0.2, 0.25) is 0 Å². The standard InChI is InChI=1S/C48H34N4O2/c1-50-48-33-37(18-12-35-14-20-42(21-15-35)51(40-8-4-2-5-9-40)44-24-28-46(53)29-25-44)39(34-49)32-38(48)19-13-36-16-22-43(23-17-36)52(41-10-6-3-7-11-41)45-26-30-47(54)31-27-45/h2-33,53-54H/b18-12+,19-13+. The molecule has 0 aromatic heterocycles. The van der Waals surface area contributed by atoms with E-state index < -0.39 is 0 Å². The Hall–Kier alpha value is -7.80. The third-order valence-electron chi connectivity index (χ3n) is 8.90. The second-order valence-electron chi connectivity index (χ2n) is 12.4. The zero-order chi connectivity index (χ0) is 37.3. The van der Waals surface area contributed by atoms with Crippen molar-refractivity contribution < 1.29 is 10.2 Å². The van der Waals surface area contributed by atoms with Crippen molar-refractivity contribution in [3.63, 3.8) is 0 Å². The minimum absolute atomic E-state index is 0.207. The molecule has 0 saturated heterocycles. The van der Waals surface area contributed by atoms with E-state index in [1.54, 1.807) is 36.4 Å². The number of nitrogens with zero attached hydrogens (tertiary/aromatic N) is 4. The molecule has 0 spiro atoms. The number of phenolic OH excluding ortho intramolecular Hbond substituents is 2. The Balaban J connectivity index is 1.10. The van der Waals surface area contributed by atoms with Crippen molar-refractivity contribution in [2.45, 2.75) is 0 Å². The fraction of sp³-hybridized carbons (Fsp3) is 0. The predicted octanol–water partition coefficient (Wildman–Crippen LogP) is 12.8. The number of hydrogen-bond donors (Lipinski definition) is 2. The van der Waals surface area contributed by atoms with Gasteiger partial charge in [0.25, 0.3) is 0 Å². The Morgan fingerprint density at radius 2 is 0.833 bits per heavy atom. The molecule has 0 unspecified atom stereocenters. The van der Waals surface area contributed by atoms with Crippen LogP contribution in [0.3, 0.4) is 0 Å². The predicted molar refractivity (Wildman–Crippen MR) is 221 cm³/mol. The van der Waals surface area contributed by atoms with E-state index in [1.807, 2.05) is 158 Å². The molecule has 258 valence electrons. The Kier molecular flexibility index (Phi) is 10.3. The average molecular weight is 699 g/mol. The van der Waals surface area contributed by atoms with Crippen LogP contribution < -0.4 is 9.80 Å². The van der Waals surface area contributed by atoms with Crippen molar-refractivity contribution in [3.05, 3.63) is 209 Å². The van der Waals surface area contributed by atoms with Gasteiger partial charge >= 0.3 is 0 Å². The molecule has 6 heteroatoms. The third kappa shape index (κ3) is 7.90. The summed E-state index contributed by atoms with van der Waals surface area (Å²) in [7, 11) is 0. The van der Waals surface area contributed by atoms with Crippen molar-refractivity contribution in [1.29, 1.82) is 5.26 Å². The molecule has 6 nitrogen and oxygen atoms in total. The quantitative estimate of drug-likeness (QED) is 0.110. The third-order valence-corrected chi connectivity index (χ3v) is 8.90. The SMILES string of the molecule is [C-]#[N+]c1cc(/C=C/c2ccc(N(c3ccccc3)c3ccc(O)cc3)cc2)c(C#N)cc1/C=C/c1ccc(N(c2ccccc2)c2ccc(O)cc2)cc1. The Labute approximate surface area is 315 Å². The number of phenols is 2. The molecule has 2 N–H and O–H groups in total. The molecule has 54 heavy (non-hydrogen) atoms. The summed E-state index contributed by atoms with van der Waals surface area (Å²) >= 11 is 0. The highest BCUT2D eigenvalue weighted by Crippen LogP contribution is 2.37. The van der Waals surface area contributed by atoms with Gasteiger partial charge in [-0.2, -0.15) is 5.26 Å². The van der Waals surface area contributed by atoms with Crippen LogP contribution in [0.2, 0.25) is 0 Å². The van der Waals surface area contributed by atoms with Gasteiger partial charge in [-0.15, -0.1) is 0 Å². The zero-order valence-electron chi connectivity index (χ0n) is 29.2. The van der Waals surface area contributed by atoms with Crippen LogP contribution in [0.1, 0.15) is 27.8 Å². The highest BCUT2D eigenvalue weighted by molar-refractivity contribution is 5.84. The van der Waals surface area contributed by atoms with Gasteiger partial charge in [-0.3, -0.25) is 0 Å². The van der Waals surface area contributed by atoms with Gasteiger partial charge in [0.15, 0.2) is 5.69 Å². The first-order valence-corrected chi connectivity index (χ1v) is 17.3. The molecule has 0 aliphatic carbocycles. The van der Waals surface area contributed by atoms with E-state index in [9.17, 15) is 15.5 Å². The van der Waals surface area contributed by atoms with Crippen molar-refractivity contribution in [1.82, 2.24) is 0 Å². The number of benzene rings is 7. The van der Waals surface area contributed by atoms with E-state index in [1.165, 1.54) is 0 Å². The molecule has 0 fully saturated rings. The van der Waals surface area contributed by atoms with Gasteiger partial charge in [0.1, 0.15) is 11.5 Å². The van der Waals surface area contributed by atoms with Crippen LogP contribution in [0.5, 0.6) is 11.5 Å². The van der Waals surface area contributed by atoms with Crippen LogP contribution in [0.4, 0.5) is 39.8 Å². The Morgan fingerprint density at radius 1 is 0.463 bits per heavy atom. The first kappa shape index (κ1) is 34.6. The van der Waals surface area contributed by atoms with Crippen molar-refractivity contribution in [3.8, 4) is 17.6 Å². The minimum Gasteiger partial charge on any atom is -0.508 e. The van der Waals surface area contributed by atoms with E-state index in [2.05, 4.69) is 20.7 Å². The van der Waals surface area contributed by atoms with E-state index >= 15 is 0 Å². The highest BCUT2D eigenvalue weighted by Gasteiger charge is 2.14. The van der Waals surface area contributed by atoms with Crippen LogP contribution in [0, 0.1) is 17.9 Å². The van der Waals surface area contributed by atoms with Gasteiger partial charge in [0, 0.05) is 34.1 Å². The first-order valence-electron chi connectivity index (χ1n) is 17.3. The van der Waals surface area contributed by atoms with Crippen LogP contribution in [0.25, 0.3) is 29.1 Å². The van der Waals surface area contributed by atoms with Crippen molar-refractivity contribution >= 4 is 64.1 Å². The lowest BCUT2D eigenvalue weighted by Gasteiger charge is -2.25. The maximum absolute atomic E-state index is 10.1. The van der Waals surface area contributed by atoms with E-state index in [4.69, 9.17) is 6.57 Å². The summed E-state index contributed by atoms with van der Waals surface area (Å²) in [6.45, 7) is 7.90. The largest absolute Gasteiger partial charge is 0.508 e. The molecule has 0 aliphatic heterocycles. The lowest BCUT2D eigenvalue weighted by Crippen LogP contribution is -2.09. The summed E-state index contributed by atoms with van der Waals surface area (Å²) in [5.41, 5.74) is 9.85. The molecular weight excluding hydrogens is 665 g/mol. The Bertz CT molecular complexity index is 2320. The van der Waals surface area contributed by atoms with Crippen LogP contribution in [0.15, 0.2) is 170 Å². The second kappa shape index (κ2) is 16.0. The molecule has 0 heterocycles. The van der Waals surface area contributed by atoms with Crippen LogP contribution in [-0.4, -0.2) is 10.2 Å². The highest BCUT2D eigenvalue weighted by atomic mass is 16.3. The maximum Gasteiger partial charge on any atom is 0.194 e. The summed E-state index contributed by atoms with van der Waals surface area (Å²) in [5.74, 6) is 0.415. The molecule has 0 bridgehead atoms. The molecule has 0 amide bonds. The number of nitriles is 1. The van der Waals surface area contributed by atoms with Crippen molar-refractivity contribution in [2.75, 3.05) is 9.80 Å². The summed E-state index contributed by atoms with van der Waals surface area (Å²) in [6.07, 6.45) is 7.62. The molecule has 0 atom stereocenters. The number of rotatable bonds is 10. The Morgan fingerprint density at radius 3 is 1.22 bits per heavy atom. The second-order valence-corrected chi connectivity index (χ2v) is 12.4. The normalized spacial score (nSPS) is 10.9. The molecule has 0 aliphatic rings. The van der Waals surface area contributed by atoms with E-state index in [0.717, 1.165) is 45.3 Å². The summed E-state index contributed by atoms with van der Waals surface area (Å²) in [5, 5.41) is 29.8. The van der Waals surface area contributed by atoms with Crippen LogP contribution in [-0.2, 0) is 0 Å². The molecular formula is C48H34N4O2. The topological polar surface area (TPSA) is 75.1 Å². The summed E-state index contributed by atoms with van der Waals surface area (Å²) in [6, 6.07) is 56.3. The number of aromatic hydroxyl groups is 2. The number of hydrogen-bond acceptors (Lipinski definition) is 5. The fourth-order valence-corrected chi connectivity index (χ4v) is 6.18. The lowest BCUT2D eigenvalue weighted by molar-refractivity contribution is 0.475. The first-order chi connectivity index (χ1) is 26.5. The number of para-hydroxylation sites is 2. The minimum atomic E-state index is 0.207. The molecule has 0 saturated carbocycles. The van der Waals surface area contributed by atoms with Crippen molar-refractivity contribution in [2.24, 2.45) is 0 Å². The van der Waals surface area contributed by atoms with E-state index in [-0.39, 0.29) is 11.5 Å². The zero-order valence-corrected chi connectivity index (χ0v) is 29.2.